The molecular formula is C17H11Cl2N5O3. The van der Waals surface area contributed by atoms with Gasteiger partial charge in [0.15, 0.2) is 0 Å². The van der Waals surface area contributed by atoms with Gasteiger partial charge in [0.1, 0.15) is 5.69 Å². The Balaban J connectivity index is 1.68. The average Bonchev–Trinajstić information content (AvgIpc) is 2.63. The van der Waals surface area contributed by atoms with Crippen molar-refractivity contribution in [2.24, 2.45) is 0 Å². The maximum absolute atomic E-state index is 12.3. The predicted octanol–water partition coefficient (Wildman–Crippen LogP) is 3.87. The largest absolute Gasteiger partial charge is 0.477 e. The standard InChI is InChI=1S/C17H11Cl2N5O3/c18-11-2-1-3-12(19)14(11)15(25)23-10-7-21-17(22-8-10)24-9-4-5-13(16(26)27)20-6-9/h1-8H,(H,23,25)(H,26,27)(H,21,22,24). The number of rotatable bonds is 5. The number of hydrogen-bond acceptors (Lipinski definition) is 6. The number of pyridine rings is 1. The molecule has 0 unspecified atom stereocenters. The first kappa shape index (κ1) is 18.6. The number of benzene rings is 1. The van der Waals surface area contributed by atoms with Gasteiger partial charge in [-0.3, -0.25) is 4.79 Å². The molecule has 0 aliphatic rings. The zero-order valence-corrected chi connectivity index (χ0v) is 15.0. The molecule has 0 aliphatic carbocycles. The zero-order valence-electron chi connectivity index (χ0n) is 13.5. The number of carbonyl (C=O) groups excluding carboxylic acids is 1. The van der Waals surface area contributed by atoms with E-state index in [0.717, 1.165) is 0 Å². The number of aromatic carboxylic acids is 1. The molecule has 27 heavy (non-hydrogen) atoms. The molecule has 1 amide bonds. The van der Waals surface area contributed by atoms with Crippen molar-refractivity contribution >= 4 is 52.4 Å². The van der Waals surface area contributed by atoms with Crippen LogP contribution in [0.15, 0.2) is 48.9 Å². The highest BCUT2D eigenvalue weighted by molar-refractivity contribution is 6.40. The molecule has 0 radical (unpaired) electrons. The highest BCUT2D eigenvalue weighted by Crippen LogP contribution is 2.25. The van der Waals surface area contributed by atoms with E-state index in [1.807, 2.05) is 0 Å². The summed E-state index contributed by atoms with van der Waals surface area (Å²) in [6, 6.07) is 7.66. The van der Waals surface area contributed by atoms with Gasteiger partial charge in [-0.25, -0.2) is 19.7 Å². The summed E-state index contributed by atoms with van der Waals surface area (Å²) in [4.78, 5) is 35.0. The lowest BCUT2D eigenvalue weighted by molar-refractivity contribution is 0.0690. The van der Waals surface area contributed by atoms with Gasteiger partial charge in [-0.1, -0.05) is 29.3 Å². The van der Waals surface area contributed by atoms with Crippen LogP contribution in [-0.4, -0.2) is 31.9 Å². The van der Waals surface area contributed by atoms with E-state index >= 15 is 0 Å². The van der Waals surface area contributed by atoms with E-state index in [1.54, 1.807) is 18.2 Å². The fraction of sp³-hybridized carbons (Fsp3) is 0. The number of aromatic nitrogens is 3. The van der Waals surface area contributed by atoms with E-state index in [-0.39, 0.29) is 27.3 Å². The molecule has 0 atom stereocenters. The Kier molecular flexibility index (Phi) is 5.49. The lowest BCUT2D eigenvalue weighted by Crippen LogP contribution is -2.13. The number of carboxylic acid groups (broad SMARTS) is 1. The molecule has 136 valence electrons. The van der Waals surface area contributed by atoms with Crippen LogP contribution >= 0.6 is 23.2 Å². The first-order chi connectivity index (χ1) is 12.9. The van der Waals surface area contributed by atoms with Crippen molar-refractivity contribution in [3.63, 3.8) is 0 Å². The number of hydrogen-bond donors (Lipinski definition) is 3. The third-order valence-corrected chi connectivity index (χ3v) is 3.97. The van der Waals surface area contributed by atoms with Crippen molar-refractivity contribution in [3.05, 3.63) is 70.2 Å². The van der Waals surface area contributed by atoms with Gasteiger partial charge in [-0.05, 0) is 24.3 Å². The van der Waals surface area contributed by atoms with E-state index in [0.29, 0.717) is 11.4 Å². The van der Waals surface area contributed by atoms with Gasteiger partial charge in [0.2, 0.25) is 5.95 Å². The third kappa shape index (κ3) is 4.49. The summed E-state index contributed by atoms with van der Waals surface area (Å²) < 4.78 is 0. The fourth-order valence-electron chi connectivity index (χ4n) is 2.09. The van der Waals surface area contributed by atoms with Gasteiger partial charge in [0, 0.05) is 0 Å². The monoisotopic (exact) mass is 403 g/mol. The Morgan fingerprint density at radius 3 is 2.07 bits per heavy atom. The lowest BCUT2D eigenvalue weighted by atomic mass is 10.2. The van der Waals surface area contributed by atoms with Gasteiger partial charge in [-0.2, -0.15) is 0 Å². The van der Waals surface area contributed by atoms with Crippen molar-refractivity contribution in [1.29, 1.82) is 0 Å². The number of anilines is 3. The van der Waals surface area contributed by atoms with Gasteiger partial charge in [-0.15, -0.1) is 0 Å². The smallest absolute Gasteiger partial charge is 0.354 e. The first-order valence-corrected chi connectivity index (χ1v) is 8.23. The topological polar surface area (TPSA) is 117 Å². The third-order valence-electron chi connectivity index (χ3n) is 3.34. The van der Waals surface area contributed by atoms with Crippen LogP contribution < -0.4 is 10.6 Å². The van der Waals surface area contributed by atoms with E-state index < -0.39 is 11.9 Å². The van der Waals surface area contributed by atoms with Gasteiger partial charge in [0.25, 0.3) is 5.91 Å². The molecule has 0 saturated heterocycles. The summed E-state index contributed by atoms with van der Waals surface area (Å²) >= 11 is 12.0. The number of carboxylic acids is 1. The van der Waals surface area contributed by atoms with Crippen molar-refractivity contribution < 1.29 is 14.7 Å². The number of nitrogens with zero attached hydrogens (tertiary/aromatic N) is 3. The fourth-order valence-corrected chi connectivity index (χ4v) is 2.66. The maximum atomic E-state index is 12.3. The zero-order chi connectivity index (χ0) is 19.4. The molecule has 3 aromatic rings. The van der Waals surface area contributed by atoms with Crippen LogP contribution in [0.4, 0.5) is 17.3 Å². The van der Waals surface area contributed by atoms with Crippen LogP contribution in [0.2, 0.25) is 10.0 Å². The van der Waals surface area contributed by atoms with Crippen LogP contribution in [0.3, 0.4) is 0 Å². The lowest BCUT2D eigenvalue weighted by Gasteiger charge is -2.09. The summed E-state index contributed by atoms with van der Waals surface area (Å²) in [6.45, 7) is 0. The van der Waals surface area contributed by atoms with Crippen LogP contribution in [0.1, 0.15) is 20.8 Å². The summed E-state index contributed by atoms with van der Waals surface area (Å²) in [7, 11) is 0. The molecule has 0 saturated carbocycles. The van der Waals surface area contributed by atoms with Gasteiger partial charge in [0.05, 0.1) is 45.6 Å². The first-order valence-electron chi connectivity index (χ1n) is 7.48. The molecule has 10 heteroatoms. The molecule has 2 heterocycles. The highest BCUT2D eigenvalue weighted by Gasteiger charge is 2.15. The molecule has 0 aliphatic heterocycles. The van der Waals surface area contributed by atoms with Crippen molar-refractivity contribution in [3.8, 4) is 0 Å². The number of halogens is 2. The molecule has 3 N–H and O–H groups in total. The molecule has 3 rings (SSSR count). The van der Waals surface area contributed by atoms with Gasteiger partial charge < -0.3 is 15.7 Å². The SMILES string of the molecule is O=C(O)c1ccc(Nc2ncc(NC(=O)c3c(Cl)cccc3Cl)cn2)cn1. The van der Waals surface area contributed by atoms with Crippen LogP contribution in [0.5, 0.6) is 0 Å². The normalized spacial score (nSPS) is 10.3. The molecule has 0 bridgehead atoms. The number of amides is 1. The quantitative estimate of drug-likeness (QED) is 0.591. The summed E-state index contributed by atoms with van der Waals surface area (Å²) in [5, 5.41) is 14.8. The average molecular weight is 404 g/mol. The minimum absolute atomic E-state index is 0.0715. The molecular weight excluding hydrogens is 393 g/mol. The summed E-state index contributed by atoms with van der Waals surface area (Å²) in [5.41, 5.74) is 0.950. The second-order valence-electron chi connectivity index (χ2n) is 5.21. The van der Waals surface area contributed by atoms with Crippen LogP contribution in [0.25, 0.3) is 0 Å². The predicted molar refractivity (Wildman–Crippen MR) is 101 cm³/mol. The molecule has 0 spiro atoms. The number of carbonyl (C=O) groups is 2. The van der Waals surface area contributed by atoms with Crippen LogP contribution in [0, 0.1) is 0 Å². The second-order valence-corrected chi connectivity index (χ2v) is 6.02. The van der Waals surface area contributed by atoms with E-state index in [2.05, 4.69) is 25.6 Å². The van der Waals surface area contributed by atoms with Crippen molar-refractivity contribution in [1.82, 2.24) is 15.0 Å². The van der Waals surface area contributed by atoms with Crippen molar-refractivity contribution in [2.75, 3.05) is 10.6 Å². The minimum atomic E-state index is -1.11. The Bertz CT molecular complexity index is 974. The summed E-state index contributed by atoms with van der Waals surface area (Å²) in [5.74, 6) is -1.35. The highest BCUT2D eigenvalue weighted by atomic mass is 35.5. The van der Waals surface area contributed by atoms with Gasteiger partial charge >= 0.3 is 5.97 Å². The second kappa shape index (κ2) is 7.98. The Morgan fingerprint density at radius 1 is 0.889 bits per heavy atom. The van der Waals surface area contributed by atoms with Crippen molar-refractivity contribution in [2.45, 2.75) is 0 Å². The Labute approximate surface area is 163 Å². The summed E-state index contributed by atoms with van der Waals surface area (Å²) in [6.07, 6.45) is 4.15. The van der Waals surface area contributed by atoms with E-state index in [9.17, 15) is 9.59 Å². The maximum Gasteiger partial charge on any atom is 0.354 e. The van der Waals surface area contributed by atoms with Crippen LogP contribution in [-0.2, 0) is 0 Å². The molecule has 2 aromatic heterocycles. The molecule has 8 nitrogen and oxygen atoms in total. The Morgan fingerprint density at radius 2 is 1.52 bits per heavy atom. The number of nitrogens with one attached hydrogen (secondary N) is 2. The minimum Gasteiger partial charge on any atom is -0.477 e. The molecule has 0 fully saturated rings. The van der Waals surface area contributed by atoms with E-state index in [4.69, 9.17) is 28.3 Å². The molecule has 1 aromatic carbocycles. The Hall–Kier alpha value is -3.23. The van der Waals surface area contributed by atoms with E-state index in [1.165, 1.54) is 30.7 Å².